The molecule has 0 fully saturated rings. The molecule has 0 aliphatic carbocycles. The predicted octanol–water partition coefficient (Wildman–Crippen LogP) is 3.50. The van der Waals surface area contributed by atoms with E-state index in [-0.39, 0.29) is 11.7 Å². The van der Waals surface area contributed by atoms with Gasteiger partial charge in [-0.2, -0.15) is 5.26 Å². The normalized spacial score (nSPS) is 10.5. The monoisotopic (exact) mass is 423 g/mol. The maximum atomic E-state index is 12.0. The van der Waals surface area contributed by atoms with Crippen LogP contribution in [0.15, 0.2) is 37.8 Å². The Morgan fingerprint density at radius 3 is 3.04 bits per heavy atom. The molecule has 0 aromatic carbocycles. The number of rotatable bonds is 5. The number of furan rings is 1. The van der Waals surface area contributed by atoms with Gasteiger partial charge in [-0.1, -0.05) is 11.8 Å². The number of thiophene rings is 1. The molecule has 7 nitrogen and oxygen atoms in total. The molecule has 1 N–H and O–H groups in total. The molecule has 24 heavy (non-hydrogen) atoms. The maximum Gasteiger partial charge on any atom is 0.235 e. The fourth-order valence-corrected chi connectivity index (χ4v) is 3.65. The Balaban J connectivity index is 1.64. The number of carbonyl (C=O) groups excluding carboxylic acids is 1. The molecule has 0 radical (unpaired) electrons. The number of anilines is 1. The molecule has 3 aromatic heterocycles. The second kappa shape index (κ2) is 7.21. The minimum atomic E-state index is -0.204. The van der Waals surface area contributed by atoms with Gasteiger partial charge in [0, 0.05) is 7.05 Å². The number of amides is 1. The first kappa shape index (κ1) is 16.8. The number of nitriles is 1. The van der Waals surface area contributed by atoms with Crippen molar-refractivity contribution in [2.45, 2.75) is 5.16 Å². The Hall–Kier alpha value is -2.09. The summed E-state index contributed by atoms with van der Waals surface area (Å²) in [6, 6.07) is 7.27. The molecule has 0 spiro atoms. The van der Waals surface area contributed by atoms with Crippen molar-refractivity contribution in [2.24, 2.45) is 7.05 Å². The summed E-state index contributed by atoms with van der Waals surface area (Å²) in [5.41, 5.74) is 0.461. The van der Waals surface area contributed by atoms with E-state index in [1.54, 1.807) is 35.2 Å². The molecule has 10 heteroatoms. The van der Waals surface area contributed by atoms with Gasteiger partial charge < -0.3 is 14.3 Å². The fraction of sp³-hybridized carbons (Fsp3) is 0.143. The van der Waals surface area contributed by atoms with E-state index in [1.807, 2.05) is 6.07 Å². The largest absolute Gasteiger partial charge is 0.446 e. The standard InChI is InChI=1S/C14H10BrN5O2S2/c1-20-12(9-2-3-10(15)22-9)18-19-14(20)24-7-11(21)17-13-8(6-16)4-5-23-13/h2-5H,7H2,1H3,(H,17,21). The highest BCUT2D eigenvalue weighted by Gasteiger charge is 2.16. The molecule has 3 aromatic rings. The lowest BCUT2D eigenvalue weighted by atomic mass is 10.3. The quantitative estimate of drug-likeness (QED) is 0.630. The summed E-state index contributed by atoms with van der Waals surface area (Å²) < 4.78 is 7.83. The molecule has 0 saturated heterocycles. The first-order valence-electron chi connectivity index (χ1n) is 6.64. The second-order valence-corrected chi connectivity index (χ2v) is 7.22. The lowest BCUT2D eigenvalue weighted by molar-refractivity contribution is -0.113. The van der Waals surface area contributed by atoms with Crippen molar-refractivity contribution in [2.75, 3.05) is 11.1 Å². The van der Waals surface area contributed by atoms with Gasteiger partial charge in [0.2, 0.25) is 5.91 Å². The lowest BCUT2D eigenvalue weighted by Crippen LogP contribution is -2.14. The first-order chi connectivity index (χ1) is 11.6. The molecule has 0 bridgehead atoms. The summed E-state index contributed by atoms with van der Waals surface area (Å²) in [6.07, 6.45) is 0. The summed E-state index contributed by atoms with van der Waals surface area (Å²) in [4.78, 5) is 12.0. The van der Waals surface area contributed by atoms with Crippen molar-refractivity contribution in [3.8, 4) is 17.7 Å². The van der Waals surface area contributed by atoms with Crippen molar-refractivity contribution in [3.63, 3.8) is 0 Å². The van der Waals surface area contributed by atoms with E-state index in [1.165, 1.54) is 23.1 Å². The van der Waals surface area contributed by atoms with E-state index < -0.39 is 0 Å². The van der Waals surface area contributed by atoms with Crippen LogP contribution in [0.1, 0.15) is 5.56 Å². The van der Waals surface area contributed by atoms with Crippen LogP contribution in [-0.4, -0.2) is 26.4 Å². The van der Waals surface area contributed by atoms with Crippen LogP contribution in [0.3, 0.4) is 0 Å². The number of nitrogens with zero attached hydrogens (tertiary/aromatic N) is 4. The molecular formula is C14H10BrN5O2S2. The Labute approximate surface area is 153 Å². The number of nitrogens with one attached hydrogen (secondary N) is 1. The van der Waals surface area contributed by atoms with E-state index in [4.69, 9.17) is 9.68 Å². The van der Waals surface area contributed by atoms with Gasteiger partial charge in [0.1, 0.15) is 11.1 Å². The van der Waals surface area contributed by atoms with Crippen molar-refractivity contribution in [1.29, 1.82) is 5.26 Å². The Morgan fingerprint density at radius 2 is 2.33 bits per heavy atom. The first-order valence-corrected chi connectivity index (χ1v) is 9.29. The highest BCUT2D eigenvalue weighted by Crippen LogP contribution is 2.27. The van der Waals surface area contributed by atoms with Crippen LogP contribution < -0.4 is 5.32 Å². The topological polar surface area (TPSA) is 96.7 Å². The third-order valence-corrected chi connectivity index (χ3v) is 5.28. The summed E-state index contributed by atoms with van der Waals surface area (Å²) in [7, 11) is 1.80. The molecule has 1 amide bonds. The van der Waals surface area contributed by atoms with Crippen molar-refractivity contribution >= 4 is 49.9 Å². The molecular weight excluding hydrogens is 414 g/mol. The van der Waals surface area contributed by atoms with Crippen molar-refractivity contribution in [3.05, 3.63) is 33.8 Å². The predicted molar refractivity (Wildman–Crippen MR) is 94.8 cm³/mol. The summed E-state index contributed by atoms with van der Waals surface area (Å²) >= 11 is 5.82. The number of hydrogen-bond donors (Lipinski definition) is 1. The van der Waals surface area contributed by atoms with Gasteiger partial charge in [0.25, 0.3) is 0 Å². The Morgan fingerprint density at radius 1 is 1.50 bits per heavy atom. The van der Waals surface area contributed by atoms with Gasteiger partial charge in [-0.25, -0.2) is 0 Å². The van der Waals surface area contributed by atoms with Crippen LogP contribution in [0, 0.1) is 11.3 Å². The average Bonchev–Trinajstić information content (AvgIpc) is 3.26. The van der Waals surface area contributed by atoms with Crippen LogP contribution in [0.2, 0.25) is 0 Å². The van der Waals surface area contributed by atoms with Crippen LogP contribution in [0.4, 0.5) is 5.00 Å². The number of halogens is 1. The number of aromatic nitrogens is 3. The molecule has 0 aliphatic heterocycles. The molecule has 122 valence electrons. The number of thioether (sulfide) groups is 1. The summed E-state index contributed by atoms with van der Waals surface area (Å²) in [5.74, 6) is 1.12. The van der Waals surface area contributed by atoms with E-state index in [9.17, 15) is 4.79 Å². The molecule has 0 atom stereocenters. The Kier molecular flexibility index (Phi) is 5.03. The van der Waals surface area contributed by atoms with E-state index >= 15 is 0 Å². The molecule has 0 aliphatic rings. The van der Waals surface area contributed by atoms with Gasteiger partial charge in [0.15, 0.2) is 21.4 Å². The summed E-state index contributed by atoms with van der Waals surface area (Å²) in [6.45, 7) is 0. The smallest absolute Gasteiger partial charge is 0.235 e. The Bertz CT molecular complexity index is 924. The molecule has 0 unspecified atom stereocenters. The van der Waals surface area contributed by atoms with Gasteiger partial charge in [-0.15, -0.1) is 21.5 Å². The number of carbonyl (C=O) groups is 1. The highest BCUT2D eigenvalue weighted by atomic mass is 79.9. The zero-order chi connectivity index (χ0) is 17.1. The summed E-state index contributed by atoms with van der Waals surface area (Å²) in [5, 5.41) is 22.7. The van der Waals surface area contributed by atoms with E-state index in [2.05, 4.69) is 31.4 Å². The number of hydrogen-bond acceptors (Lipinski definition) is 7. The molecule has 0 saturated carbocycles. The van der Waals surface area contributed by atoms with Gasteiger partial charge >= 0.3 is 0 Å². The van der Waals surface area contributed by atoms with E-state index in [0.717, 1.165) is 0 Å². The van der Waals surface area contributed by atoms with Crippen LogP contribution in [0.25, 0.3) is 11.6 Å². The minimum absolute atomic E-state index is 0.163. The minimum Gasteiger partial charge on any atom is -0.446 e. The zero-order valence-electron chi connectivity index (χ0n) is 12.3. The lowest BCUT2D eigenvalue weighted by Gasteiger charge is -2.03. The average molecular weight is 424 g/mol. The zero-order valence-corrected chi connectivity index (χ0v) is 15.5. The van der Waals surface area contributed by atoms with Gasteiger partial charge in [-0.3, -0.25) is 4.79 Å². The SMILES string of the molecule is Cn1c(SCC(=O)Nc2sccc2C#N)nnc1-c1ccc(Br)o1. The van der Waals surface area contributed by atoms with Crippen LogP contribution in [0.5, 0.6) is 0 Å². The highest BCUT2D eigenvalue weighted by molar-refractivity contribution is 9.10. The second-order valence-electron chi connectivity index (χ2n) is 4.58. The fourth-order valence-electron chi connectivity index (χ4n) is 1.88. The van der Waals surface area contributed by atoms with Gasteiger partial charge in [0.05, 0.1) is 11.3 Å². The molecule has 3 heterocycles. The van der Waals surface area contributed by atoms with E-state index in [0.29, 0.717) is 32.0 Å². The van der Waals surface area contributed by atoms with Crippen LogP contribution in [-0.2, 0) is 11.8 Å². The van der Waals surface area contributed by atoms with Crippen molar-refractivity contribution < 1.29 is 9.21 Å². The van der Waals surface area contributed by atoms with Crippen molar-refractivity contribution in [1.82, 2.24) is 14.8 Å². The molecule has 3 rings (SSSR count). The third-order valence-electron chi connectivity index (χ3n) is 3.00. The maximum absolute atomic E-state index is 12.0. The third kappa shape index (κ3) is 3.53. The van der Waals surface area contributed by atoms with Crippen LogP contribution >= 0.6 is 39.0 Å². The van der Waals surface area contributed by atoms with Gasteiger partial charge in [-0.05, 0) is 39.5 Å².